The highest BCUT2D eigenvalue weighted by Crippen LogP contribution is 2.52. The first kappa shape index (κ1) is 23.0. The van der Waals surface area contributed by atoms with E-state index in [9.17, 15) is 14.7 Å². The van der Waals surface area contributed by atoms with Gasteiger partial charge in [0.05, 0.1) is 19.9 Å². The molecule has 0 radical (unpaired) electrons. The lowest BCUT2D eigenvalue weighted by Gasteiger charge is -2.37. The fourth-order valence-corrected chi connectivity index (χ4v) is 4.62. The minimum atomic E-state index is -1.01. The maximum Gasteiger partial charge on any atom is 0.374 e. The Morgan fingerprint density at radius 1 is 1.15 bits per heavy atom. The van der Waals surface area contributed by atoms with Crippen LogP contribution in [0, 0.1) is 0 Å². The van der Waals surface area contributed by atoms with Crippen LogP contribution < -0.4 is 4.90 Å². The predicted molar refractivity (Wildman–Crippen MR) is 124 cm³/mol. The molecule has 2 aromatic heterocycles. The van der Waals surface area contributed by atoms with Gasteiger partial charge in [0.1, 0.15) is 23.4 Å². The number of ether oxygens (including phenoxy) is 2. The molecule has 172 valence electrons. The molecule has 0 saturated carbocycles. The SMILES string of the molecule is COC(=O)c1oc2c(c1C(=O)OC)N(C(C)C)[C@@H](c1ccccn1)[C@H](O)c1ccc(Br)cc1-2. The summed E-state index contributed by atoms with van der Waals surface area (Å²) in [5, 5.41) is 11.6. The van der Waals surface area contributed by atoms with Crippen LogP contribution >= 0.6 is 15.9 Å². The molecule has 3 aromatic rings. The largest absolute Gasteiger partial charge is 0.465 e. The lowest BCUT2D eigenvalue weighted by atomic mass is 9.95. The number of hydrogen-bond donors (Lipinski definition) is 1. The fourth-order valence-electron chi connectivity index (χ4n) is 4.26. The monoisotopic (exact) mass is 514 g/mol. The first-order chi connectivity index (χ1) is 15.8. The molecule has 0 bridgehead atoms. The highest BCUT2D eigenvalue weighted by molar-refractivity contribution is 9.10. The van der Waals surface area contributed by atoms with Crippen LogP contribution in [0.25, 0.3) is 11.3 Å². The van der Waals surface area contributed by atoms with Crippen molar-refractivity contribution in [3.63, 3.8) is 0 Å². The Morgan fingerprint density at radius 2 is 1.88 bits per heavy atom. The highest BCUT2D eigenvalue weighted by atomic mass is 79.9. The Labute approximate surface area is 199 Å². The number of aliphatic hydroxyl groups is 1. The zero-order valence-corrected chi connectivity index (χ0v) is 20.1. The number of nitrogens with zero attached hydrogens (tertiary/aromatic N) is 2. The van der Waals surface area contributed by atoms with Crippen molar-refractivity contribution in [2.75, 3.05) is 19.1 Å². The molecule has 3 heterocycles. The molecule has 1 aliphatic heterocycles. The van der Waals surface area contributed by atoms with E-state index >= 15 is 0 Å². The molecule has 8 nitrogen and oxygen atoms in total. The Morgan fingerprint density at radius 3 is 2.48 bits per heavy atom. The minimum absolute atomic E-state index is 0.0611. The molecule has 0 spiro atoms. The summed E-state index contributed by atoms with van der Waals surface area (Å²) in [7, 11) is 2.44. The smallest absolute Gasteiger partial charge is 0.374 e. The molecule has 1 aliphatic rings. The third-order valence-electron chi connectivity index (χ3n) is 5.63. The Balaban J connectivity index is 2.15. The second-order valence-corrected chi connectivity index (χ2v) is 8.76. The van der Waals surface area contributed by atoms with Crippen LogP contribution in [0.1, 0.15) is 58.2 Å². The van der Waals surface area contributed by atoms with Gasteiger partial charge in [-0.3, -0.25) is 4.98 Å². The number of methoxy groups -OCH3 is 2. The summed E-state index contributed by atoms with van der Waals surface area (Å²) in [4.78, 5) is 31.9. The van der Waals surface area contributed by atoms with Crippen molar-refractivity contribution in [1.29, 1.82) is 0 Å². The molecular formula is C24H23BrN2O6. The second-order valence-electron chi connectivity index (χ2n) is 7.84. The average Bonchev–Trinajstić information content (AvgIpc) is 3.16. The maximum atomic E-state index is 13.0. The summed E-state index contributed by atoms with van der Waals surface area (Å²) in [5.41, 5.74) is 1.98. The van der Waals surface area contributed by atoms with Crippen molar-refractivity contribution in [3.8, 4) is 11.3 Å². The molecule has 1 N–H and O–H groups in total. The van der Waals surface area contributed by atoms with Gasteiger partial charge in [0, 0.05) is 22.3 Å². The van der Waals surface area contributed by atoms with E-state index in [0.29, 0.717) is 22.5 Å². The van der Waals surface area contributed by atoms with Gasteiger partial charge >= 0.3 is 11.9 Å². The van der Waals surface area contributed by atoms with E-state index in [2.05, 4.69) is 20.9 Å². The van der Waals surface area contributed by atoms with Crippen molar-refractivity contribution in [2.24, 2.45) is 0 Å². The van der Waals surface area contributed by atoms with E-state index in [1.54, 1.807) is 24.4 Å². The summed E-state index contributed by atoms with van der Waals surface area (Å²) in [6, 6.07) is 9.90. The van der Waals surface area contributed by atoms with Gasteiger partial charge in [-0.25, -0.2) is 9.59 Å². The molecule has 4 rings (SSSR count). The minimum Gasteiger partial charge on any atom is -0.465 e. The number of carbonyl (C=O) groups is 2. The summed E-state index contributed by atoms with van der Waals surface area (Å²) in [5.74, 6) is -1.56. The Hall–Kier alpha value is -3.17. The van der Waals surface area contributed by atoms with Crippen LogP contribution in [0.3, 0.4) is 0 Å². The van der Waals surface area contributed by atoms with E-state index in [1.807, 2.05) is 36.9 Å². The van der Waals surface area contributed by atoms with Crippen molar-refractivity contribution in [2.45, 2.75) is 32.0 Å². The van der Waals surface area contributed by atoms with Crippen LogP contribution in [-0.4, -0.2) is 42.3 Å². The van der Waals surface area contributed by atoms with Crippen LogP contribution in [0.5, 0.6) is 0 Å². The Bertz CT molecular complexity index is 1210. The van der Waals surface area contributed by atoms with Gasteiger partial charge < -0.3 is 23.9 Å². The van der Waals surface area contributed by atoms with Crippen molar-refractivity contribution < 1.29 is 28.6 Å². The number of fused-ring (bicyclic) bond motifs is 3. The molecule has 0 fully saturated rings. The van der Waals surface area contributed by atoms with Crippen molar-refractivity contribution in [1.82, 2.24) is 4.98 Å². The maximum absolute atomic E-state index is 13.0. The van der Waals surface area contributed by atoms with Gasteiger partial charge in [-0.05, 0) is 43.7 Å². The first-order valence-corrected chi connectivity index (χ1v) is 11.1. The highest BCUT2D eigenvalue weighted by Gasteiger charge is 2.44. The predicted octanol–water partition coefficient (Wildman–Crippen LogP) is 4.68. The number of rotatable bonds is 4. The first-order valence-electron chi connectivity index (χ1n) is 10.3. The second kappa shape index (κ2) is 8.99. The van der Waals surface area contributed by atoms with E-state index in [-0.39, 0.29) is 23.1 Å². The molecule has 2 atom stereocenters. The fraction of sp³-hybridized carbons (Fsp3) is 0.292. The van der Waals surface area contributed by atoms with E-state index in [1.165, 1.54) is 14.2 Å². The topological polar surface area (TPSA) is 102 Å². The normalized spacial score (nSPS) is 17.2. The zero-order chi connectivity index (χ0) is 23.9. The number of aromatic nitrogens is 1. The van der Waals surface area contributed by atoms with Crippen LogP contribution in [0.15, 0.2) is 51.5 Å². The van der Waals surface area contributed by atoms with Crippen LogP contribution in [-0.2, 0) is 9.47 Å². The standard InChI is InChI=1S/C24H23BrN2O6/c1-12(2)27-18(16-7-5-6-10-26-16)20(28)14-9-8-13(25)11-15(14)21-19(27)17(23(29)31-3)22(33-21)24(30)32-4/h5-12,18,20,28H,1-4H3/t18-,20+/m0/s1. The summed E-state index contributed by atoms with van der Waals surface area (Å²) < 4.78 is 16.7. The quantitative estimate of drug-likeness (QED) is 0.500. The lowest BCUT2D eigenvalue weighted by molar-refractivity contribution is 0.0529. The van der Waals surface area contributed by atoms with Gasteiger partial charge in [0.15, 0.2) is 5.76 Å². The summed E-state index contributed by atoms with van der Waals surface area (Å²) >= 11 is 3.47. The van der Waals surface area contributed by atoms with Crippen LogP contribution in [0.4, 0.5) is 5.69 Å². The number of esters is 2. The van der Waals surface area contributed by atoms with Crippen LogP contribution in [0.2, 0.25) is 0 Å². The molecule has 1 aromatic carbocycles. The number of halogens is 1. The van der Waals surface area contributed by atoms with Gasteiger partial charge in [0.2, 0.25) is 5.76 Å². The van der Waals surface area contributed by atoms with Crippen molar-refractivity contribution >= 4 is 33.6 Å². The summed E-state index contributed by atoms with van der Waals surface area (Å²) in [6.07, 6.45) is 0.630. The summed E-state index contributed by atoms with van der Waals surface area (Å²) in [6.45, 7) is 3.84. The third kappa shape index (κ3) is 3.81. The number of anilines is 1. The number of furan rings is 1. The molecule has 0 aliphatic carbocycles. The van der Waals surface area contributed by atoms with Gasteiger partial charge in [-0.2, -0.15) is 0 Å². The van der Waals surface area contributed by atoms with Crippen molar-refractivity contribution in [3.05, 3.63) is 69.6 Å². The molecule has 33 heavy (non-hydrogen) atoms. The number of benzene rings is 1. The van der Waals surface area contributed by atoms with Gasteiger partial charge in [0.25, 0.3) is 0 Å². The lowest BCUT2D eigenvalue weighted by Crippen LogP contribution is -2.39. The number of hydrogen-bond acceptors (Lipinski definition) is 8. The zero-order valence-electron chi connectivity index (χ0n) is 18.5. The number of aliphatic hydroxyl groups excluding tert-OH is 1. The average molecular weight is 515 g/mol. The number of carbonyl (C=O) groups excluding carboxylic acids is 2. The Kier molecular flexibility index (Phi) is 6.27. The molecule has 0 unspecified atom stereocenters. The number of pyridine rings is 1. The van der Waals surface area contributed by atoms with E-state index in [4.69, 9.17) is 13.9 Å². The van der Waals surface area contributed by atoms with Gasteiger partial charge in [-0.15, -0.1) is 0 Å². The molecule has 0 amide bonds. The molecular weight excluding hydrogens is 492 g/mol. The molecule has 0 saturated heterocycles. The van der Waals surface area contributed by atoms with Gasteiger partial charge in [-0.1, -0.05) is 28.1 Å². The van der Waals surface area contributed by atoms with E-state index < -0.39 is 24.1 Å². The third-order valence-corrected chi connectivity index (χ3v) is 6.12. The molecule has 9 heteroatoms. The van der Waals surface area contributed by atoms with E-state index in [0.717, 1.165) is 4.47 Å².